The lowest BCUT2D eigenvalue weighted by Crippen LogP contribution is -2.18. The van der Waals surface area contributed by atoms with Gasteiger partial charge in [-0.1, -0.05) is 31.8 Å². The largest absolute Gasteiger partial charge is 0.478 e. The normalized spacial score (nSPS) is 17.2. The number of hydrogen-bond donors (Lipinski definition) is 2. The molecule has 0 atom stereocenters. The molecule has 0 heterocycles. The zero-order valence-corrected chi connectivity index (χ0v) is 14.0. The van der Waals surface area contributed by atoms with E-state index in [4.69, 9.17) is 0 Å². The molecule has 0 radical (unpaired) electrons. The minimum Gasteiger partial charge on any atom is -0.478 e. The van der Waals surface area contributed by atoms with Crippen LogP contribution in [0, 0.1) is 0 Å². The van der Waals surface area contributed by atoms with E-state index in [1.807, 2.05) is 26.0 Å². The minimum absolute atomic E-state index is 0.265. The molecule has 2 N–H and O–H groups in total. The highest BCUT2D eigenvalue weighted by atomic mass is 16.4. The Hall–Kier alpha value is -2.10. The first kappa shape index (κ1) is 17.3. The maximum absolute atomic E-state index is 11.2. The summed E-state index contributed by atoms with van der Waals surface area (Å²) in [4.78, 5) is 15.7. The molecule has 4 nitrogen and oxygen atoms in total. The number of benzene rings is 1. The van der Waals surface area contributed by atoms with Crippen molar-refractivity contribution in [3.05, 3.63) is 35.4 Å². The maximum atomic E-state index is 11.2. The average Bonchev–Trinajstić information content (AvgIpc) is 2.82. The summed E-state index contributed by atoms with van der Waals surface area (Å²) in [6.45, 7) is 3.93. The van der Waals surface area contributed by atoms with Crippen molar-refractivity contribution in [1.82, 2.24) is 0 Å². The van der Waals surface area contributed by atoms with Crippen molar-refractivity contribution in [2.24, 2.45) is 4.99 Å². The summed E-state index contributed by atoms with van der Waals surface area (Å²) in [5.41, 5.74) is 2.92. The number of carboxylic acid groups (broad SMARTS) is 1. The van der Waals surface area contributed by atoms with Crippen LogP contribution in [0.4, 0.5) is 11.4 Å². The topological polar surface area (TPSA) is 61.7 Å². The molecule has 124 valence electrons. The zero-order valence-electron chi connectivity index (χ0n) is 14.0. The van der Waals surface area contributed by atoms with Crippen LogP contribution in [-0.2, 0) is 0 Å². The van der Waals surface area contributed by atoms with E-state index in [0.29, 0.717) is 11.7 Å². The molecule has 0 bridgehead atoms. The number of anilines is 1. The van der Waals surface area contributed by atoms with Gasteiger partial charge < -0.3 is 10.4 Å². The van der Waals surface area contributed by atoms with Crippen LogP contribution in [0.1, 0.15) is 62.7 Å². The minimum atomic E-state index is -0.926. The van der Waals surface area contributed by atoms with E-state index in [2.05, 4.69) is 10.3 Å². The summed E-state index contributed by atoms with van der Waals surface area (Å²) >= 11 is 0. The molecule has 1 aliphatic carbocycles. The number of carboxylic acids is 1. The number of nitrogens with zero attached hydrogens (tertiary/aromatic N) is 1. The maximum Gasteiger partial charge on any atom is 0.335 e. The molecule has 1 aliphatic rings. The number of carbonyl (C=O) groups is 1. The lowest BCUT2D eigenvalue weighted by Gasteiger charge is -2.19. The number of rotatable bonds is 5. The third kappa shape index (κ3) is 5.23. The first-order chi connectivity index (χ1) is 11.1. The summed E-state index contributed by atoms with van der Waals surface area (Å²) in [6.07, 6.45) is 11.2. The summed E-state index contributed by atoms with van der Waals surface area (Å²) in [7, 11) is 0. The van der Waals surface area contributed by atoms with Gasteiger partial charge in [0.25, 0.3) is 0 Å². The highest BCUT2D eigenvalue weighted by molar-refractivity contribution is 5.91. The van der Waals surface area contributed by atoms with Crippen molar-refractivity contribution in [2.45, 2.75) is 58.4 Å². The molecule has 23 heavy (non-hydrogen) atoms. The number of aliphatic imine (C=N–C) groups is 1. The molecule has 1 aromatic carbocycles. The Bertz CT molecular complexity index is 597. The molecule has 2 rings (SSSR count). The van der Waals surface area contributed by atoms with Gasteiger partial charge in [0.05, 0.1) is 16.9 Å². The monoisotopic (exact) mass is 314 g/mol. The van der Waals surface area contributed by atoms with E-state index < -0.39 is 5.97 Å². The number of aromatic carboxylic acids is 1. The lowest BCUT2D eigenvalue weighted by molar-refractivity contribution is 0.0697. The summed E-state index contributed by atoms with van der Waals surface area (Å²) in [5, 5.41) is 12.8. The van der Waals surface area contributed by atoms with Crippen molar-refractivity contribution in [3.8, 4) is 0 Å². The van der Waals surface area contributed by atoms with Crippen LogP contribution < -0.4 is 5.32 Å². The third-order valence-electron chi connectivity index (χ3n) is 4.32. The molecule has 1 aromatic rings. The van der Waals surface area contributed by atoms with Gasteiger partial charge in [0.2, 0.25) is 0 Å². The van der Waals surface area contributed by atoms with Gasteiger partial charge in [-0.25, -0.2) is 4.79 Å². The van der Waals surface area contributed by atoms with Gasteiger partial charge in [-0.3, -0.25) is 4.99 Å². The molecule has 0 amide bonds. The van der Waals surface area contributed by atoms with E-state index in [1.54, 1.807) is 18.3 Å². The van der Waals surface area contributed by atoms with Gasteiger partial charge in [-0.05, 0) is 50.5 Å². The molecule has 4 heteroatoms. The van der Waals surface area contributed by atoms with Gasteiger partial charge in [0.15, 0.2) is 0 Å². The third-order valence-corrected chi connectivity index (χ3v) is 4.32. The predicted molar refractivity (Wildman–Crippen MR) is 96.1 cm³/mol. The highest BCUT2D eigenvalue weighted by Gasteiger charge is 2.14. The molecule has 0 aliphatic heterocycles. The molecular formula is C19H26N2O2. The number of nitrogens with one attached hydrogen (secondary N) is 1. The van der Waals surface area contributed by atoms with Gasteiger partial charge in [-0.2, -0.15) is 0 Å². The second-order valence-electron chi connectivity index (χ2n) is 6.16. The van der Waals surface area contributed by atoms with Gasteiger partial charge in [-0.15, -0.1) is 0 Å². The van der Waals surface area contributed by atoms with Crippen LogP contribution in [0.5, 0.6) is 0 Å². The molecule has 0 saturated heterocycles. The van der Waals surface area contributed by atoms with Crippen molar-refractivity contribution < 1.29 is 9.90 Å². The molecule has 1 saturated carbocycles. The van der Waals surface area contributed by atoms with Crippen LogP contribution in [0.25, 0.3) is 0 Å². The Morgan fingerprint density at radius 3 is 2.57 bits per heavy atom. The fourth-order valence-corrected chi connectivity index (χ4v) is 2.78. The molecular weight excluding hydrogens is 288 g/mol. The van der Waals surface area contributed by atoms with E-state index in [0.717, 1.165) is 24.1 Å². The first-order valence-electron chi connectivity index (χ1n) is 8.41. The van der Waals surface area contributed by atoms with E-state index >= 15 is 0 Å². The summed E-state index contributed by atoms with van der Waals surface area (Å²) in [6, 6.07) is 5.57. The van der Waals surface area contributed by atoms with Crippen molar-refractivity contribution >= 4 is 23.6 Å². The molecule has 1 fully saturated rings. The standard InChI is InChI=1S/C19H26N2O2/c1-3-14(2)13-20-18-12-15(19(22)23)10-11-17(18)21-16-8-6-4-5-7-9-16/h3,10-13,16,21H,4-9H2,1-2H3,(H,22,23)/b14-3+,20-13?. The smallest absolute Gasteiger partial charge is 0.335 e. The van der Waals surface area contributed by atoms with Crippen molar-refractivity contribution in [2.75, 3.05) is 5.32 Å². The summed E-state index contributed by atoms with van der Waals surface area (Å²) in [5.74, 6) is -0.926. The van der Waals surface area contributed by atoms with Gasteiger partial charge in [0.1, 0.15) is 0 Å². The van der Waals surface area contributed by atoms with E-state index in [-0.39, 0.29) is 5.56 Å². The molecule has 0 spiro atoms. The van der Waals surface area contributed by atoms with Crippen molar-refractivity contribution in [3.63, 3.8) is 0 Å². The fourth-order valence-electron chi connectivity index (χ4n) is 2.78. The van der Waals surface area contributed by atoms with Crippen molar-refractivity contribution in [1.29, 1.82) is 0 Å². The highest BCUT2D eigenvalue weighted by Crippen LogP contribution is 2.29. The van der Waals surface area contributed by atoms with Gasteiger partial charge in [0, 0.05) is 12.3 Å². The predicted octanol–water partition coefficient (Wildman–Crippen LogP) is 5.19. The van der Waals surface area contributed by atoms with Crippen LogP contribution in [-0.4, -0.2) is 23.3 Å². The SMILES string of the molecule is C/C=C(\C)C=Nc1cc(C(=O)O)ccc1NC1CCCCCC1. The van der Waals surface area contributed by atoms with E-state index in [9.17, 15) is 9.90 Å². The fraction of sp³-hybridized carbons (Fsp3) is 0.474. The van der Waals surface area contributed by atoms with Crippen LogP contribution >= 0.6 is 0 Å². The van der Waals surface area contributed by atoms with Crippen LogP contribution in [0.15, 0.2) is 34.8 Å². The molecule has 0 aromatic heterocycles. The molecule has 0 unspecified atom stereocenters. The van der Waals surface area contributed by atoms with Crippen LogP contribution in [0.2, 0.25) is 0 Å². The zero-order chi connectivity index (χ0) is 16.7. The van der Waals surface area contributed by atoms with Crippen LogP contribution in [0.3, 0.4) is 0 Å². The Kier molecular flexibility index (Phi) is 6.39. The lowest BCUT2D eigenvalue weighted by atomic mass is 10.1. The Morgan fingerprint density at radius 2 is 1.96 bits per heavy atom. The Morgan fingerprint density at radius 1 is 1.26 bits per heavy atom. The Balaban J connectivity index is 2.25. The first-order valence-corrected chi connectivity index (χ1v) is 8.41. The number of hydrogen-bond acceptors (Lipinski definition) is 3. The van der Waals surface area contributed by atoms with Gasteiger partial charge >= 0.3 is 5.97 Å². The average molecular weight is 314 g/mol. The Labute approximate surface area is 138 Å². The van der Waals surface area contributed by atoms with E-state index in [1.165, 1.54) is 25.7 Å². The number of allylic oxidation sites excluding steroid dienone is 2. The quantitative estimate of drug-likeness (QED) is 0.581. The second kappa shape index (κ2) is 8.51. The second-order valence-corrected chi connectivity index (χ2v) is 6.16. The summed E-state index contributed by atoms with van der Waals surface area (Å²) < 4.78 is 0.